The molecule has 1 heterocycles. The Morgan fingerprint density at radius 2 is 0.689 bits per heavy atom. The van der Waals surface area contributed by atoms with Crippen molar-refractivity contribution in [2.45, 2.75) is 259 Å². The minimum Gasteiger partial charge on any atom is -0.234 e. The summed E-state index contributed by atoms with van der Waals surface area (Å²) in [6, 6.07) is 0. The molecule has 0 aliphatic carbocycles. The molecule has 0 N–H and O–H groups in total. The van der Waals surface area contributed by atoms with E-state index in [0.29, 0.717) is 0 Å². The summed E-state index contributed by atoms with van der Waals surface area (Å²) in [6.45, 7) is 9.41. The Kier molecular flexibility index (Phi) is 32.4. The molecule has 0 saturated heterocycles. The van der Waals surface area contributed by atoms with Crippen LogP contribution in [0.3, 0.4) is 0 Å². The number of aromatic nitrogens is 2. The predicted octanol–water partition coefficient (Wildman–Crippen LogP) is 14.6. The van der Waals surface area contributed by atoms with Crippen LogP contribution in [0.5, 0.6) is 0 Å². The summed E-state index contributed by atoms with van der Waals surface area (Å²) >= 11 is 0. The van der Waals surface area contributed by atoms with E-state index in [1.54, 1.807) is 5.82 Å². The van der Waals surface area contributed by atoms with Gasteiger partial charge in [0.15, 0.2) is 0 Å². The van der Waals surface area contributed by atoms with Gasteiger partial charge in [0, 0.05) is 6.42 Å². The van der Waals surface area contributed by atoms with Gasteiger partial charge in [-0.25, -0.2) is 9.13 Å². The summed E-state index contributed by atoms with van der Waals surface area (Å²) in [5, 5.41) is 0. The largest absolute Gasteiger partial charge is 0.256 e. The van der Waals surface area contributed by atoms with E-state index in [1.165, 1.54) is 238 Å². The van der Waals surface area contributed by atoms with E-state index in [2.05, 4.69) is 42.3 Å². The molecule has 45 heavy (non-hydrogen) atoms. The minimum absolute atomic E-state index is 1.23. The number of aryl methyl sites for hydroxylation is 2. The second-order valence-electron chi connectivity index (χ2n) is 14.8. The Hall–Kier alpha value is -0.790. The predicted molar refractivity (Wildman–Crippen MR) is 202 cm³/mol. The first kappa shape index (κ1) is 42.2. The maximum absolute atomic E-state index is 2.64. The lowest BCUT2D eigenvalue weighted by Crippen LogP contribution is -2.37. The third kappa shape index (κ3) is 26.9. The summed E-state index contributed by atoms with van der Waals surface area (Å²) in [7, 11) is 0. The summed E-state index contributed by atoms with van der Waals surface area (Å²) in [6.07, 6.45) is 54.8. The molecule has 1 aromatic rings. The average molecular weight is 630 g/mol. The zero-order chi connectivity index (χ0) is 32.3. The summed E-state index contributed by atoms with van der Waals surface area (Å²) < 4.78 is 5.29. The molecule has 1 aromatic heterocycles. The van der Waals surface area contributed by atoms with E-state index < -0.39 is 0 Å². The number of hydrogen-bond acceptors (Lipinski definition) is 0. The van der Waals surface area contributed by atoms with Crippen molar-refractivity contribution in [2.24, 2.45) is 0 Å². The molecule has 266 valence electrons. The van der Waals surface area contributed by atoms with Crippen molar-refractivity contribution in [1.82, 2.24) is 4.57 Å². The monoisotopic (exact) mass is 630 g/mol. The van der Waals surface area contributed by atoms with E-state index in [4.69, 9.17) is 0 Å². The van der Waals surface area contributed by atoms with Crippen molar-refractivity contribution in [2.75, 3.05) is 0 Å². The van der Waals surface area contributed by atoms with Crippen LogP contribution in [0.25, 0.3) is 0 Å². The Balaban J connectivity index is 2.29. The number of imidazole rings is 1. The fraction of sp³-hybridized carbons (Fsp3) is 0.930. The highest BCUT2D eigenvalue weighted by molar-refractivity contribution is 4.84. The van der Waals surface area contributed by atoms with Crippen molar-refractivity contribution in [3.63, 3.8) is 0 Å². The Morgan fingerprint density at radius 1 is 0.378 bits per heavy atom. The molecule has 1 rings (SSSR count). The van der Waals surface area contributed by atoms with Crippen LogP contribution in [0.1, 0.15) is 245 Å². The molecule has 0 amide bonds. The van der Waals surface area contributed by atoms with Gasteiger partial charge in [-0.3, -0.25) is 0 Å². The van der Waals surface area contributed by atoms with Gasteiger partial charge in [0.1, 0.15) is 12.4 Å². The zero-order valence-corrected chi connectivity index (χ0v) is 31.7. The van der Waals surface area contributed by atoms with Gasteiger partial charge in [0.2, 0.25) is 0 Å². The van der Waals surface area contributed by atoms with Crippen molar-refractivity contribution < 1.29 is 4.57 Å². The van der Waals surface area contributed by atoms with E-state index in [1.807, 2.05) is 0 Å². The van der Waals surface area contributed by atoms with Crippen LogP contribution in [0.2, 0.25) is 0 Å². The molecule has 0 radical (unpaired) electrons. The van der Waals surface area contributed by atoms with Crippen molar-refractivity contribution in [3.05, 3.63) is 18.2 Å². The van der Waals surface area contributed by atoms with E-state index in [-0.39, 0.29) is 0 Å². The summed E-state index contributed by atoms with van der Waals surface area (Å²) in [4.78, 5) is 0. The third-order valence-electron chi connectivity index (χ3n) is 10.3. The first-order valence-corrected chi connectivity index (χ1v) is 21.4. The van der Waals surface area contributed by atoms with Gasteiger partial charge < -0.3 is 0 Å². The normalized spacial score (nSPS) is 11.6. The standard InChI is InChI=1S/C43H85N2/c1-4-7-10-13-16-19-22-23-25-28-31-34-37-40-45-42-41-44(39-36-33-30-27-21-18-15-12-9-6-3)43(45)38-35-32-29-26-24-20-17-14-11-8-5-2/h41-42H,4-40H2,1-3H3/q+1. The maximum Gasteiger partial charge on any atom is 0.256 e. The van der Waals surface area contributed by atoms with Gasteiger partial charge >= 0.3 is 0 Å². The van der Waals surface area contributed by atoms with E-state index in [9.17, 15) is 0 Å². The van der Waals surface area contributed by atoms with E-state index in [0.717, 1.165) is 0 Å². The van der Waals surface area contributed by atoms with Crippen LogP contribution in [0.4, 0.5) is 0 Å². The molecular weight excluding hydrogens is 544 g/mol. The Bertz CT molecular complexity index is 692. The highest BCUT2D eigenvalue weighted by atomic mass is 15.1. The Morgan fingerprint density at radius 3 is 1.07 bits per heavy atom. The molecule has 0 fully saturated rings. The molecular formula is C43H85N2+. The lowest BCUT2D eigenvalue weighted by molar-refractivity contribution is -0.704. The molecule has 0 saturated carbocycles. The van der Waals surface area contributed by atoms with Crippen LogP contribution in [0.15, 0.2) is 12.4 Å². The van der Waals surface area contributed by atoms with Crippen LogP contribution in [-0.4, -0.2) is 4.57 Å². The maximum atomic E-state index is 2.64. The fourth-order valence-corrected chi connectivity index (χ4v) is 7.21. The second kappa shape index (κ2) is 34.5. The zero-order valence-electron chi connectivity index (χ0n) is 31.7. The first-order valence-electron chi connectivity index (χ1n) is 21.4. The van der Waals surface area contributed by atoms with Gasteiger partial charge in [-0.1, -0.05) is 207 Å². The smallest absolute Gasteiger partial charge is 0.234 e. The molecule has 0 bridgehead atoms. The van der Waals surface area contributed by atoms with Gasteiger partial charge in [-0.05, 0) is 32.1 Å². The SMILES string of the molecule is CCCCCCCCCCCCCCC[n+]1ccn(CCCCCCCCCCCC)c1CCCCCCCCCCCCC. The van der Waals surface area contributed by atoms with Crippen LogP contribution in [-0.2, 0) is 19.5 Å². The molecule has 0 aliphatic heterocycles. The molecule has 2 nitrogen and oxygen atoms in total. The van der Waals surface area contributed by atoms with Gasteiger partial charge in [-0.15, -0.1) is 0 Å². The van der Waals surface area contributed by atoms with Crippen molar-refractivity contribution >= 4 is 0 Å². The van der Waals surface area contributed by atoms with Crippen molar-refractivity contribution in [3.8, 4) is 0 Å². The number of nitrogens with zero attached hydrogens (tertiary/aromatic N) is 2. The average Bonchev–Trinajstić information content (AvgIpc) is 3.43. The lowest BCUT2D eigenvalue weighted by Gasteiger charge is -2.07. The molecule has 0 aliphatic rings. The summed E-state index contributed by atoms with van der Waals surface area (Å²) in [5.41, 5.74) is 0. The highest BCUT2D eigenvalue weighted by Gasteiger charge is 2.16. The Labute approximate surface area is 285 Å². The highest BCUT2D eigenvalue weighted by Crippen LogP contribution is 2.16. The first-order chi connectivity index (χ1) is 22.3. The van der Waals surface area contributed by atoms with Gasteiger partial charge in [0.05, 0.1) is 13.1 Å². The van der Waals surface area contributed by atoms with Crippen LogP contribution in [0, 0.1) is 0 Å². The molecule has 0 atom stereocenters. The quantitative estimate of drug-likeness (QED) is 0.0511. The summed E-state index contributed by atoms with van der Waals surface area (Å²) in [5.74, 6) is 1.63. The van der Waals surface area contributed by atoms with Gasteiger partial charge in [0.25, 0.3) is 5.82 Å². The number of unbranched alkanes of at least 4 members (excludes halogenated alkanes) is 31. The van der Waals surface area contributed by atoms with Gasteiger partial charge in [-0.2, -0.15) is 0 Å². The fourth-order valence-electron chi connectivity index (χ4n) is 7.21. The molecule has 0 unspecified atom stereocenters. The molecule has 0 spiro atoms. The minimum atomic E-state index is 1.23. The molecule has 0 aromatic carbocycles. The number of rotatable bonds is 37. The lowest BCUT2D eigenvalue weighted by atomic mass is 10.0. The van der Waals surface area contributed by atoms with Crippen LogP contribution < -0.4 is 4.57 Å². The second-order valence-corrected chi connectivity index (χ2v) is 14.8. The molecule has 2 heteroatoms. The topological polar surface area (TPSA) is 8.81 Å². The van der Waals surface area contributed by atoms with E-state index >= 15 is 0 Å². The number of hydrogen-bond donors (Lipinski definition) is 0. The van der Waals surface area contributed by atoms with Crippen LogP contribution >= 0.6 is 0 Å². The third-order valence-corrected chi connectivity index (χ3v) is 10.3. The van der Waals surface area contributed by atoms with Crippen molar-refractivity contribution in [1.29, 1.82) is 0 Å².